The number of ether oxygens (including phenoxy) is 1. The Morgan fingerprint density at radius 2 is 2.04 bits per heavy atom. The van der Waals surface area contributed by atoms with Crippen molar-refractivity contribution in [1.29, 1.82) is 0 Å². The fourth-order valence-corrected chi connectivity index (χ4v) is 3.11. The Morgan fingerprint density at radius 3 is 2.74 bits per heavy atom. The van der Waals surface area contributed by atoms with Crippen molar-refractivity contribution in [3.05, 3.63) is 35.6 Å². The molecule has 23 heavy (non-hydrogen) atoms. The summed E-state index contributed by atoms with van der Waals surface area (Å²) in [5.74, 6) is 0.681. The van der Waals surface area contributed by atoms with Crippen molar-refractivity contribution in [2.45, 2.75) is 25.4 Å². The number of benzene rings is 1. The molecule has 1 amide bonds. The number of hydrogen-bond donors (Lipinski definition) is 0. The van der Waals surface area contributed by atoms with E-state index in [9.17, 15) is 9.18 Å². The number of carbonyl (C=O) groups is 1. The van der Waals surface area contributed by atoms with Crippen LogP contribution in [0.3, 0.4) is 0 Å². The zero-order valence-electron chi connectivity index (χ0n) is 13.7. The second-order valence-corrected chi connectivity index (χ2v) is 6.80. The molecule has 0 bridgehead atoms. The average Bonchev–Trinajstić information content (AvgIpc) is 3.33. The molecule has 1 aliphatic heterocycles. The highest BCUT2D eigenvalue weighted by Gasteiger charge is 2.27. The van der Waals surface area contributed by atoms with E-state index in [2.05, 4.69) is 11.9 Å². The van der Waals surface area contributed by atoms with E-state index in [1.54, 1.807) is 12.1 Å². The maximum atomic E-state index is 12.9. The average molecular weight is 320 g/mol. The molecule has 2 aliphatic rings. The molecule has 2 fully saturated rings. The lowest BCUT2D eigenvalue weighted by Crippen LogP contribution is -2.49. The first-order chi connectivity index (χ1) is 11.1. The molecule has 0 unspecified atom stereocenters. The Kier molecular flexibility index (Phi) is 5.28. The Morgan fingerprint density at radius 1 is 1.30 bits per heavy atom. The second kappa shape index (κ2) is 7.41. The monoisotopic (exact) mass is 320 g/mol. The molecule has 0 N–H and O–H groups in total. The summed E-state index contributed by atoms with van der Waals surface area (Å²) in [6.07, 6.45) is 3.10. The quantitative estimate of drug-likeness (QED) is 0.803. The largest absolute Gasteiger partial charge is 0.373 e. The van der Waals surface area contributed by atoms with Crippen molar-refractivity contribution in [2.24, 2.45) is 5.92 Å². The summed E-state index contributed by atoms with van der Waals surface area (Å²) in [5.41, 5.74) is 0.852. The first-order valence-electron chi connectivity index (χ1n) is 8.42. The smallest absolute Gasteiger partial charge is 0.227 e. The summed E-state index contributed by atoms with van der Waals surface area (Å²) >= 11 is 0. The Labute approximate surface area is 137 Å². The summed E-state index contributed by atoms with van der Waals surface area (Å²) in [7, 11) is 2.13. The highest BCUT2D eigenvalue weighted by atomic mass is 19.1. The van der Waals surface area contributed by atoms with Crippen LogP contribution in [0.1, 0.15) is 18.4 Å². The number of nitrogens with zero attached hydrogens (tertiary/aromatic N) is 2. The van der Waals surface area contributed by atoms with Crippen LogP contribution in [-0.4, -0.2) is 61.6 Å². The fraction of sp³-hybridized carbons (Fsp3) is 0.611. The van der Waals surface area contributed by atoms with Gasteiger partial charge in [0.1, 0.15) is 5.82 Å². The van der Waals surface area contributed by atoms with Crippen molar-refractivity contribution < 1.29 is 13.9 Å². The van der Waals surface area contributed by atoms with E-state index >= 15 is 0 Å². The van der Waals surface area contributed by atoms with Crippen molar-refractivity contribution in [3.63, 3.8) is 0 Å². The predicted molar refractivity (Wildman–Crippen MR) is 86.6 cm³/mol. The fourth-order valence-electron chi connectivity index (χ4n) is 3.11. The molecule has 1 atom stereocenters. The van der Waals surface area contributed by atoms with Crippen LogP contribution in [0, 0.1) is 11.7 Å². The minimum atomic E-state index is -0.272. The van der Waals surface area contributed by atoms with E-state index in [0.717, 1.165) is 24.6 Å². The third-order valence-corrected chi connectivity index (χ3v) is 4.54. The normalized spacial score (nSPS) is 21.7. The molecule has 3 rings (SSSR count). The zero-order valence-corrected chi connectivity index (χ0v) is 13.7. The molecule has 1 saturated carbocycles. The van der Waals surface area contributed by atoms with Crippen LogP contribution in [0.15, 0.2) is 24.3 Å². The van der Waals surface area contributed by atoms with E-state index < -0.39 is 0 Å². The van der Waals surface area contributed by atoms with Crippen LogP contribution in [0.4, 0.5) is 4.39 Å². The molecule has 1 aromatic carbocycles. The van der Waals surface area contributed by atoms with E-state index in [0.29, 0.717) is 26.1 Å². The van der Waals surface area contributed by atoms with E-state index in [1.807, 2.05) is 4.90 Å². The second-order valence-electron chi connectivity index (χ2n) is 6.80. The first kappa shape index (κ1) is 16.4. The highest BCUT2D eigenvalue weighted by molar-refractivity contribution is 5.78. The molecule has 0 aromatic heterocycles. The minimum absolute atomic E-state index is 0.0877. The summed E-state index contributed by atoms with van der Waals surface area (Å²) < 4.78 is 18.7. The molecule has 1 aliphatic carbocycles. The first-order valence-corrected chi connectivity index (χ1v) is 8.42. The van der Waals surface area contributed by atoms with Gasteiger partial charge in [-0.15, -0.1) is 0 Å². The van der Waals surface area contributed by atoms with Crippen molar-refractivity contribution >= 4 is 5.91 Å². The maximum Gasteiger partial charge on any atom is 0.227 e. The van der Waals surface area contributed by atoms with Crippen LogP contribution in [-0.2, 0) is 16.0 Å². The summed E-state index contributed by atoms with van der Waals surface area (Å²) in [6, 6.07) is 6.15. The van der Waals surface area contributed by atoms with Gasteiger partial charge in [-0.25, -0.2) is 4.39 Å². The van der Waals surface area contributed by atoms with Gasteiger partial charge in [0.2, 0.25) is 5.91 Å². The Hall–Kier alpha value is -1.46. The summed E-state index contributed by atoms with van der Waals surface area (Å²) in [6.45, 7) is 3.88. The third-order valence-electron chi connectivity index (χ3n) is 4.54. The zero-order chi connectivity index (χ0) is 16.2. The van der Waals surface area contributed by atoms with Crippen molar-refractivity contribution in [2.75, 3.05) is 39.8 Å². The van der Waals surface area contributed by atoms with Crippen LogP contribution < -0.4 is 0 Å². The van der Waals surface area contributed by atoms with Crippen LogP contribution in [0.5, 0.6) is 0 Å². The lowest BCUT2D eigenvalue weighted by molar-refractivity contribution is -0.138. The number of halogens is 1. The molecule has 1 aromatic rings. The molecule has 5 heteroatoms. The molecular weight excluding hydrogens is 295 g/mol. The van der Waals surface area contributed by atoms with Gasteiger partial charge >= 0.3 is 0 Å². The highest BCUT2D eigenvalue weighted by Crippen LogP contribution is 2.29. The van der Waals surface area contributed by atoms with Crippen molar-refractivity contribution in [3.8, 4) is 0 Å². The third kappa shape index (κ3) is 5.01. The SMILES string of the molecule is CN(CC1CC1)C[C@H]1CN(C(=O)Cc2ccc(F)cc2)CCO1. The summed E-state index contributed by atoms with van der Waals surface area (Å²) in [4.78, 5) is 16.6. The van der Waals surface area contributed by atoms with Gasteiger partial charge in [-0.3, -0.25) is 4.79 Å². The molecule has 0 spiro atoms. The molecule has 4 nitrogen and oxygen atoms in total. The van der Waals surface area contributed by atoms with Gasteiger partial charge < -0.3 is 14.5 Å². The van der Waals surface area contributed by atoms with Crippen molar-refractivity contribution in [1.82, 2.24) is 9.80 Å². The molecule has 126 valence electrons. The number of likely N-dealkylation sites (N-methyl/N-ethyl adjacent to an activating group) is 1. The molecule has 0 radical (unpaired) electrons. The van der Waals surface area contributed by atoms with Gasteiger partial charge in [0, 0.05) is 26.2 Å². The number of amides is 1. The Bertz CT molecular complexity index is 530. The molecular formula is C18H25FN2O2. The van der Waals surface area contributed by atoms with E-state index in [-0.39, 0.29) is 17.8 Å². The molecule has 1 heterocycles. The van der Waals surface area contributed by atoms with E-state index in [1.165, 1.54) is 25.0 Å². The maximum absolute atomic E-state index is 12.9. The van der Waals surface area contributed by atoms with Gasteiger partial charge in [0.25, 0.3) is 0 Å². The van der Waals surface area contributed by atoms with Crippen LogP contribution >= 0.6 is 0 Å². The minimum Gasteiger partial charge on any atom is -0.373 e. The lowest BCUT2D eigenvalue weighted by Gasteiger charge is -2.35. The lowest BCUT2D eigenvalue weighted by atomic mass is 10.1. The number of rotatable bonds is 6. The van der Waals surface area contributed by atoms with Gasteiger partial charge in [-0.2, -0.15) is 0 Å². The number of carbonyl (C=O) groups excluding carboxylic acids is 1. The molecule has 1 saturated heterocycles. The number of hydrogen-bond acceptors (Lipinski definition) is 3. The van der Waals surface area contributed by atoms with Gasteiger partial charge in [0.15, 0.2) is 0 Å². The topological polar surface area (TPSA) is 32.8 Å². The van der Waals surface area contributed by atoms with Crippen LogP contribution in [0.25, 0.3) is 0 Å². The van der Waals surface area contributed by atoms with Crippen LogP contribution in [0.2, 0.25) is 0 Å². The standard InChI is InChI=1S/C18H25FN2O2/c1-20(11-15-2-3-15)12-17-13-21(8-9-23-17)18(22)10-14-4-6-16(19)7-5-14/h4-7,15,17H,2-3,8-13H2,1H3/t17-/m0/s1. The number of morpholine rings is 1. The Balaban J connectivity index is 1.48. The van der Waals surface area contributed by atoms with Gasteiger partial charge in [0.05, 0.1) is 19.1 Å². The van der Waals surface area contributed by atoms with Gasteiger partial charge in [-0.05, 0) is 43.5 Å². The predicted octanol–water partition coefficient (Wildman–Crippen LogP) is 1.94. The van der Waals surface area contributed by atoms with E-state index in [4.69, 9.17) is 4.74 Å². The summed E-state index contributed by atoms with van der Waals surface area (Å²) in [5, 5.41) is 0. The van der Waals surface area contributed by atoms with Gasteiger partial charge in [-0.1, -0.05) is 12.1 Å².